The van der Waals surface area contributed by atoms with Crippen LogP contribution < -0.4 is 5.73 Å². The topological polar surface area (TPSA) is 106 Å². The fraction of sp³-hybridized carbons (Fsp3) is 0.250. The monoisotopic (exact) mass is 192 g/mol. The summed E-state index contributed by atoms with van der Waals surface area (Å²) in [5.74, 6) is -0.282. The number of aromatic nitrogens is 1. The quantitative estimate of drug-likeness (QED) is 0.565. The lowest BCUT2D eigenvalue weighted by Crippen LogP contribution is -2.12. The van der Waals surface area contributed by atoms with E-state index in [4.69, 9.17) is 11.0 Å². The van der Waals surface area contributed by atoms with Gasteiger partial charge in [0.25, 0.3) is 0 Å². The van der Waals surface area contributed by atoms with Gasteiger partial charge in [0.05, 0.1) is 24.1 Å². The van der Waals surface area contributed by atoms with Crippen molar-refractivity contribution in [2.24, 2.45) is 5.73 Å². The van der Waals surface area contributed by atoms with Crippen LogP contribution in [0, 0.1) is 21.4 Å². The van der Waals surface area contributed by atoms with Gasteiger partial charge in [-0.05, 0) is 22.0 Å². The molecule has 6 heteroatoms. The number of nitrogens with two attached hydrogens (primary N) is 1. The highest BCUT2D eigenvalue weighted by Crippen LogP contribution is 2.22. The Morgan fingerprint density at radius 2 is 2.50 bits per heavy atom. The fourth-order valence-electron chi connectivity index (χ4n) is 1.06. The van der Waals surface area contributed by atoms with Gasteiger partial charge in [-0.15, -0.1) is 0 Å². The van der Waals surface area contributed by atoms with E-state index in [0.29, 0.717) is 5.56 Å². The van der Waals surface area contributed by atoms with Crippen LogP contribution in [0.15, 0.2) is 18.3 Å². The third kappa shape index (κ3) is 2.02. The van der Waals surface area contributed by atoms with Crippen molar-refractivity contribution < 1.29 is 4.92 Å². The van der Waals surface area contributed by atoms with Gasteiger partial charge in [-0.2, -0.15) is 5.26 Å². The summed E-state index contributed by atoms with van der Waals surface area (Å²) in [5.41, 5.74) is 5.87. The summed E-state index contributed by atoms with van der Waals surface area (Å²) < 4.78 is 0. The fourth-order valence-corrected chi connectivity index (χ4v) is 1.06. The van der Waals surface area contributed by atoms with Gasteiger partial charge in [0, 0.05) is 0 Å². The van der Waals surface area contributed by atoms with E-state index in [2.05, 4.69) is 4.98 Å². The standard InChI is InChI=1S/C8H8N4O2/c9-4-3-7(10)6-2-1-5-11-8(6)12(13)14/h1-2,5,7H,3,10H2/t7-/m0/s1. The Hall–Kier alpha value is -2.00. The maximum Gasteiger partial charge on any atom is 0.368 e. The minimum atomic E-state index is -0.658. The van der Waals surface area contributed by atoms with E-state index in [9.17, 15) is 10.1 Å². The van der Waals surface area contributed by atoms with Gasteiger partial charge in [0.1, 0.15) is 6.20 Å². The second-order valence-corrected chi connectivity index (χ2v) is 2.64. The predicted octanol–water partition coefficient (Wildman–Crippen LogP) is 0.903. The molecule has 0 fully saturated rings. The molecular formula is C8H8N4O2. The van der Waals surface area contributed by atoms with E-state index < -0.39 is 11.0 Å². The highest BCUT2D eigenvalue weighted by molar-refractivity contribution is 5.34. The molecule has 6 nitrogen and oxygen atoms in total. The maximum atomic E-state index is 10.5. The Bertz CT molecular complexity index is 385. The molecule has 1 atom stereocenters. The number of nitrogens with zero attached hydrogens (tertiary/aromatic N) is 3. The zero-order chi connectivity index (χ0) is 10.6. The molecule has 1 aromatic rings. The normalized spacial score (nSPS) is 11.7. The highest BCUT2D eigenvalue weighted by Gasteiger charge is 2.19. The van der Waals surface area contributed by atoms with E-state index in [1.807, 2.05) is 6.07 Å². The van der Waals surface area contributed by atoms with Crippen LogP contribution >= 0.6 is 0 Å². The second kappa shape index (κ2) is 4.30. The minimum absolute atomic E-state index is 0.0343. The Morgan fingerprint density at radius 3 is 3.07 bits per heavy atom. The summed E-state index contributed by atoms with van der Waals surface area (Å²) in [6.07, 6.45) is 1.35. The first-order valence-corrected chi connectivity index (χ1v) is 3.88. The zero-order valence-corrected chi connectivity index (χ0v) is 7.25. The largest absolute Gasteiger partial charge is 0.368 e. The van der Waals surface area contributed by atoms with Gasteiger partial charge in [-0.3, -0.25) is 0 Å². The average molecular weight is 192 g/mol. The molecule has 72 valence electrons. The molecule has 0 amide bonds. The van der Waals surface area contributed by atoms with Crippen molar-refractivity contribution >= 4 is 5.82 Å². The van der Waals surface area contributed by atoms with Crippen LogP contribution in [-0.2, 0) is 0 Å². The van der Waals surface area contributed by atoms with Gasteiger partial charge in [0.15, 0.2) is 0 Å². The second-order valence-electron chi connectivity index (χ2n) is 2.64. The van der Waals surface area contributed by atoms with E-state index >= 15 is 0 Å². The summed E-state index contributed by atoms with van der Waals surface area (Å²) in [6, 6.07) is 4.26. The van der Waals surface area contributed by atoms with Crippen molar-refractivity contribution in [3.8, 4) is 6.07 Å². The molecule has 0 spiro atoms. The molecule has 2 N–H and O–H groups in total. The van der Waals surface area contributed by atoms with Crippen molar-refractivity contribution in [2.45, 2.75) is 12.5 Å². The first-order chi connectivity index (χ1) is 6.66. The summed E-state index contributed by atoms with van der Waals surface area (Å²) >= 11 is 0. The number of hydrogen-bond donors (Lipinski definition) is 1. The van der Waals surface area contributed by atoms with Gasteiger partial charge >= 0.3 is 5.82 Å². The smallest absolute Gasteiger partial charge is 0.358 e. The molecule has 0 aromatic carbocycles. The van der Waals surface area contributed by atoms with E-state index in [1.165, 1.54) is 12.3 Å². The molecule has 0 aliphatic heterocycles. The lowest BCUT2D eigenvalue weighted by molar-refractivity contribution is -0.390. The molecule has 0 unspecified atom stereocenters. The summed E-state index contributed by atoms with van der Waals surface area (Å²) in [6.45, 7) is 0. The van der Waals surface area contributed by atoms with Gasteiger partial charge in [-0.1, -0.05) is 0 Å². The van der Waals surface area contributed by atoms with Crippen LogP contribution in [0.3, 0.4) is 0 Å². The SMILES string of the molecule is N#CC[C@H](N)c1cccnc1[N+](=O)[O-]. The van der Waals surface area contributed by atoms with Crippen LogP contribution in [-0.4, -0.2) is 9.91 Å². The molecule has 0 aliphatic rings. The van der Waals surface area contributed by atoms with Gasteiger partial charge in [-0.25, -0.2) is 0 Å². The van der Waals surface area contributed by atoms with Crippen LogP contribution in [0.25, 0.3) is 0 Å². The number of pyridine rings is 1. The predicted molar refractivity (Wildman–Crippen MR) is 48.0 cm³/mol. The molecule has 14 heavy (non-hydrogen) atoms. The average Bonchev–Trinajstić information content (AvgIpc) is 2.18. The summed E-state index contributed by atoms with van der Waals surface area (Å²) in [4.78, 5) is 13.5. The number of hydrogen-bond acceptors (Lipinski definition) is 5. The van der Waals surface area contributed by atoms with E-state index in [-0.39, 0.29) is 12.2 Å². The molecule has 1 rings (SSSR count). The molecule has 0 saturated heterocycles. The Morgan fingerprint density at radius 1 is 1.79 bits per heavy atom. The van der Waals surface area contributed by atoms with Crippen molar-refractivity contribution in [1.82, 2.24) is 4.98 Å². The lowest BCUT2D eigenvalue weighted by Gasteiger charge is -2.06. The first kappa shape index (κ1) is 10.1. The van der Waals surface area contributed by atoms with E-state index in [0.717, 1.165) is 0 Å². The maximum absolute atomic E-state index is 10.5. The van der Waals surface area contributed by atoms with Crippen LogP contribution in [0.5, 0.6) is 0 Å². The Kier molecular flexibility index (Phi) is 3.09. The highest BCUT2D eigenvalue weighted by atomic mass is 16.6. The number of rotatable bonds is 3. The van der Waals surface area contributed by atoms with E-state index in [1.54, 1.807) is 6.07 Å². The third-order valence-corrected chi connectivity index (χ3v) is 1.70. The van der Waals surface area contributed by atoms with Crippen molar-refractivity contribution in [1.29, 1.82) is 5.26 Å². The van der Waals surface area contributed by atoms with Gasteiger partial charge in [0.2, 0.25) is 0 Å². The zero-order valence-electron chi connectivity index (χ0n) is 7.25. The van der Waals surface area contributed by atoms with Crippen molar-refractivity contribution in [3.63, 3.8) is 0 Å². The lowest BCUT2D eigenvalue weighted by atomic mass is 10.1. The van der Waals surface area contributed by atoms with Crippen LogP contribution in [0.4, 0.5) is 5.82 Å². The molecule has 0 bridgehead atoms. The number of nitro groups is 1. The molecule has 0 saturated carbocycles. The molecule has 1 aromatic heterocycles. The molecule has 0 aliphatic carbocycles. The Labute approximate surface area is 80.1 Å². The van der Waals surface area contributed by atoms with Gasteiger partial charge < -0.3 is 15.8 Å². The van der Waals surface area contributed by atoms with Crippen LogP contribution in [0.2, 0.25) is 0 Å². The first-order valence-electron chi connectivity index (χ1n) is 3.88. The van der Waals surface area contributed by atoms with Crippen LogP contribution in [0.1, 0.15) is 18.0 Å². The minimum Gasteiger partial charge on any atom is -0.358 e. The summed E-state index contributed by atoms with van der Waals surface area (Å²) in [7, 11) is 0. The Balaban J connectivity index is 3.08. The van der Waals surface area contributed by atoms with Crippen molar-refractivity contribution in [2.75, 3.05) is 0 Å². The molecule has 1 heterocycles. The molecule has 0 radical (unpaired) electrons. The summed E-state index contributed by atoms with van der Waals surface area (Å²) in [5, 5.41) is 18.9. The number of nitriles is 1. The van der Waals surface area contributed by atoms with Crippen molar-refractivity contribution in [3.05, 3.63) is 34.0 Å². The molecular weight excluding hydrogens is 184 g/mol. The third-order valence-electron chi connectivity index (χ3n) is 1.70.